The summed E-state index contributed by atoms with van der Waals surface area (Å²) in [6.07, 6.45) is 1.97. The van der Waals surface area contributed by atoms with E-state index in [0.717, 1.165) is 39.7 Å². The van der Waals surface area contributed by atoms with Crippen LogP contribution in [0.25, 0.3) is 10.2 Å². The van der Waals surface area contributed by atoms with Crippen LogP contribution in [0.4, 0.5) is 5.13 Å². The average Bonchev–Trinajstić information content (AvgIpc) is 3.11. The number of nitriles is 1. The second-order valence-electron chi connectivity index (χ2n) is 4.11. The van der Waals surface area contributed by atoms with E-state index in [0.29, 0.717) is 5.13 Å². The fourth-order valence-corrected chi connectivity index (χ4v) is 3.03. The summed E-state index contributed by atoms with van der Waals surface area (Å²) in [7, 11) is 0. The Morgan fingerprint density at radius 2 is 2.39 bits per heavy atom. The number of fused-ring (bicyclic) bond motifs is 1. The number of thioether (sulfide) groups is 1. The van der Waals surface area contributed by atoms with Gasteiger partial charge in [0.25, 0.3) is 0 Å². The van der Waals surface area contributed by atoms with Crippen molar-refractivity contribution in [1.29, 1.82) is 5.26 Å². The number of thiocyanates is 1. The topological polar surface area (TPSA) is 65.8 Å². The molecule has 0 spiro atoms. The van der Waals surface area contributed by atoms with Crippen molar-refractivity contribution in [2.24, 2.45) is 5.92 Å². The Morgan fingerprint density at radius 3 is 3.11 bits per heavy atom. The highest BCUT2D eigenvalue weighted by Gasteiger charge is 2.30. The highest BCUT2D eigenvalue weighted by atomic mass is 32.2. The van der Waals surface area contributed by atoms with Gasteiger partial charge in [-0.3, -0.25) is 4.79 Å². The molecule has 1 heterocycles. The first-order chi connectivity index (χ1) is 8.76. The molecular weight excluding hydrogens is 266 g/mol. The van der Waals surface area contributed by atoms with Gasteiger partial charge in [0, 0.05) is 10.8 Å². The van der Waals surface area contributed by atoms with E-state index < -0.39 is 0 Å². The van der Waals surface area contributed by atoms with Gasteiger partial charge in [-0.2, -0.15) is 5.26 Å². The summed E-state index contributed by atoms with van der Waals surface area (Å²) in [5, 5.41) is 14.2. The van der Waals surface area contributed by atoms with E-state index in [2.05, 4.69) is 10.3 Å². The van der Waals surface area contributed by atoms with Gasteiger partial charge in [-0.25, -0.2) is 4.98 Å². The van der Waals surface area contributed by atoms with Gasteiger partial charge in [0.05, 0.1) is 10.2 Å². The average molecular weight is 275 g/mol. The maximum absolute atomic E-state index is 11.6. The van der Waals surface area contributed by atoms with Gasteiger partial charge in [0.1, 0.15) is 5.40 Å². The SMILES string of the molecule is N#CSc1ccc2nc(NC(=O)C3CC3)sc2c1. The molecule has 0 saturated heterocycles. The number of carbonyl (C=O) groups is 1. The Bertz CT molecular complexity index is 655. The molecule has 3 rings (SSSR count). The molecule has 1 aliphatic rings. The van der Waals surface area contributed by atoms with Crippen molar-refractivity contribution in [3.05, 3.63) is 18.2 Å². The van der Waals surface area contributed by atoms with Gasteiger partial charge in [-0.1, -0.05) is 11.3 Å². The van der Waals surface area contributed by atoms with Crippen LogP contribution in [-0.4, -0.2) is 10.9 Å². The summed E-state index contributed by atoms with van der Waals surface area (Å²) in [5.41, 5.74) is 0.855. The summed E-state index contributed by atoms with van der Waals surface area (Å²) >= 11 is 2.57. The van der Waals surface area contributed by atoms with Crippen LogP contribution in [0, 0.1) is 16.6 Å². The lowest BCUT2D eigenvalue weighted by molar-refractivity contribution is -0.117. The minimum Gasteiger partial charge on any atom is -0.302 e. The lowest BCUT2D eigenvalue weighted by atomic mass is 10.3. The maximum atomic E-state index is 11.6. The summed E-state index contributed by atoms with van der Waals surface area (Å²) in [6, 6.07) is 5.66. The van der Waals surface area contributed by atoms with Crippen molar-refractivity contribution in [3.63, 3.8) is 0 Å². The highest BCUT2D eigenvalue weighted by Crippen LogP contribution is 2.33. The molecule has 2 aromatic rings. The van der Waals surface area contributed by atoms with Crippen molar-refractivity contribution in [2.45, 2.75) is 17.7 Å². The minimum atomic E-state index is 0.0701. The monoisotopic (exact) mass is 275 g/mol. The van der Waals surface area contributed by atoms with E-state index in [1.54, 1.807) is 0 Å². The third-order valence-electron chi connectivity index (χ3n) is 2.70. The summed E-state index contributed by atoms with van der Waals surface area (Å²) < 4.78 is 0.987. The van der Waals surface area contributed by atoms with Gasteiger partial charge in [-0.15, -0.1) is 0 Å². The highest BCUT2D eigenvalue weighted by molar-refractivity contribution is 8.03. The molecule has 1 N–H and O–H groups in total. The quantitative estimate of drug-likeness (QED) is 0.690. The molecule has 6 heteroatoms. The van der Waals surface area contributed by atoms with Crippen LogP contribution >= 0.6 is 23.1 Å². The van der Waals surface area contributed by atoms with Crippen molar-refractivity contribution < 1.29 is 4.79 Å². The Kier molecular flexibility index (Phi) is 2.94. The first kappa shape index (κ1) is 11.5. The Hall–Kier alpha value is -1.58. The Morgan fingerprint density at radius 1 is 1.56 bits per heavy atom. The fourth-order valence-electron chi connectivity index (χ4n) is 1.63. The van der Waals surface area contributed by atoms with E-state index >= 15 is 0 Å². The molecule has 18 heavy (non-hydrogen) atoms. The second kappa shape index (κ2) is 4.59. The van der Waals surface area contributed by atoms with Gasteiger partial charge in [-0.05, 0) is 42.8 Å². The maximum Gasteiger partial charge on any atom is 0.229 e. The smallest absolute Gasteiger partial charge is 0.229 e. The van der Waals surface area contributed by atoms with Gasteiger partial charge in [0.15, 0.2) is 5.13 Å². The molecule has 0 atom stereocenters. The zero-order valence-corrected chi connectivity index (χ0v) is 11.0. The molecule has 1 saturated carbocycles. The van der Waals surface area contributed by atoms with Gasteiger partial charge >= 0.3 is 0 Å². The lowest BCUT2D eigenvalue weighted by Gasteiger charge is -1.96. The zero-order chi connectivity index (χ0) is 12.5. The normalized spacial score (nSPS) is 14.4. The number of rotatable bonds is 3. The predicted molar refractivity (Wildman–Crippen MR) is 72.4 cm³/mol. The number of anilines is 1. The Labute approximate surface area is 112 Å². The van der Waals surface area contributed by atoms with E-state index in [1.165, 1.54) is 11.3 Å². The summed E-state index contributed by atoms with van der Waals surface area (Å²) in [4.78, 5) is 16.9. The van der Waals surface area contributed by atoms with E-state index in [9.17, 15) is 4.79 Å². The van der Waals surface area contributed by atoms with E-state index in [1.807, 2.05) is 23.6 Å². The van der Waals surface area contributed by atoms with E-state index in [-0.39, 0.29) is 11.8 Å². The van der Waals surface area contributed by atoms with Crippen LogP contribution in [0.5, 0.6) is 0 Å². The molecule has 0 bridgehead atoms. The van der Waals surface area contributed by atoms with Crippen LogP contribution < -0.4 is 5.32 Å². The number of thiazole rings is 1. The third-order valence-corrected chi connectivity index (χ3v) is 4.22. The van der Waals surface area contributed by atoms with Gasteiger partial charge < -0.3 is 5.32 Å². The minimum absolute atomic E-state index is 0.0701. The molecular formula is C12H9N3OS2. The number of nitrogens with zero attached hydrogens (tertiary/aromatic N) is 2. The molecule has 0 unspecified atom stereocenters. The fraction of sp³-hybridized carbons (Fsp3) is 0.250. The van der Waals surface area contributed by atoms with Crippen LogP contribution in [-0.2, 0) is 4.79 Å². The number of amides is 1. The molecule has 4 nitrogen and oxygen atoms in total. The van der Waals surface area contributed by atoms with Crippen LogP contribution in [0.3, 0.4) is 0 Å². The van der Waals surface area contributed by atoms with Crippen molar-refractivity contribution >= 4 is 44.4 Å². The number of aromatic nitrogens is 1. The molecule has 1 aliphatic carbocycles. The molecule has 1 aromatic heterocycles. The number of hydrogen-bond donors (Lipinski definition) is 1. The lowest BCUT2D eigenvalue weighted by Crippen LogP contribution is -2.12. The van der Waals surface area contributed by atoms with Crippen molar-refractivity contribution in [1.82, 2.24) is 4.98 Å². The third kappa shape index (κ3) is 2.33. The Balaban J connectivity index is 1.85. The summed E-state index contributed by atoms with van der Waals surface area (Å²) in [5.74, 6) is 0.252. The van der Waals surface area contributed by atoms with Crippen molar-refractivity contribution in [3.8, 4) is 5.40 Å². The number of nitrogens with one attached hydrogen (secondary N) is 1. The predicted octanol–water partition coefficient (Wildman–Crippen LogP) is 3.22. The van der Waals surface area contributed by atoms with Crippen LogP contribution in [0.2, 0.25) is 0 Å². The molecule has 0 radical (unpaired) electrons. The first-order valence-corrected chi connectivity index (χ1v) is 7.17. The molecule has 1 amide bonds. The molecule has 1 fully saturated rings. The zero-order valence-electron chi connectivity index (χ0n) is 9.34. The van der Waals surface area contributed by atoms with E-state index in [4.69, 9.17) is 5.26 Å². The largest absolute Gasteiger partial charge is 0.302 e. The standard InChI is InChI=1S/C12H9N3OS2/c13-6-17-8-3-4-9-10(5-8)18-12(14-9)15-11(16)7-1-2-7/h3-5,7H,1-2H2,(H,14,15,16). The van der Waals surface area contributed by atoms with Crippen molar-refractivity contribution in [2.75, 3.05) is 5.32 Å². The molecule has 0 aliphatic heterocycles. The number of carbonyl (C=O) groups excluding carboxylic acids is 1. The van der Waals surface area contributed by atoms with Crippen LogP contribution in [0.1, 0.15) is 12.8 Å². The summed E-state index contributed by atoms with van der Waals surface area (Å²) in [6.45, 7) is 0. The number of hydrogen-bond acceptors (Lipinski definition) is 5. The van der Waals surface area contributed by atoms with Gasteiger partial charge in [0.2, 0.25) is 5.91 Å². The number of benzene rings is 1. The second-order valence-corrected chi connectivity index (χ2v) is 5.99. The molecule has 90 valence electrons. The molecule has 1 aromatic carbocycles. The first-order valence-electron chi connectivity index (χ1n) is 5.53. The van der Waals surface area contributed by atoms with Crippen LogP contribution in [0.15, 0.2) is 23.1 Å².